The molecule has 2 aromatic rings. The average molecular weight is 426 g/mol. The second-order valence-electron chi connectivity index (χ2n) is 4.14. The van der Waals surface area contributed by atoms with Gasteiger partial charge >= 0.3 is 5.97 Å². The minimum Gasteiger partial charge on any atom is -0.462 e. The quantitative estimate of drug-likeness (QED) is 0.269. The third-order valence-electron chi connectivity index (χ3n) is 2.85. The van der Waals surface area contributed by atoms with Gasteiger partial charge in [0.15, 0.2) is 17.5 Å². The Morgan fingerprint density at radius 2 is 2.05 bits per heavy atom. The molecule has 0 amide bonds. The van der Waals surface area contributed by atoms with Crippen molar-refractivity contribution in [3.63, 3.8) is 0 Å². The number of pyridine rings is 1. The molecule has 0 fully saturated rings. The molecule has 0 aliphatic heterocycles. The molecule has 1 aromatic carbocycles. The van der Waals surface area contributed by atoms with Crippen molar-refractivity contribution in [1.29, 1.82) is 0 Å². The fourth-order valence-corrected chi connectivity index (χ4v) is 2.30. The van der Waals surface area contributed by atoms with Gasteiger partial charge < -0.3 is 10.2 Å². The van der Waals surface area contributed by atoms with E-state index in [0.29, 0.717) is 6.07 Å². The largest absolute Gasteiger partial charge is 0.462 e. The molecule has 9 heteroatoms. The Kier molecular flexibility index (Phi) is 4.94. The molecule has 0 aliphatic rings. The minimum absolute atomic E-state index is 0.0299. The summed E-state index contributed by atoms with van der Waals surface area (Å²) in [7, 11) is 0. The van der Waals surface area contributed by atoms with E-state index in [1.54, 1.807) is 6.92 Å². The summed E-state index contributed by atoms with van der Waals surface area (Å²) in [5, 5.41) is -0.459. The number of benzene rings is 1. The molecule has 1 N–H and O–H groups in total. The fourth-order valence-electron chi connectivity index (χ4n) is 1.93. The molecule has 0 spiro atoms. The van der Waals surface area contributed by atoms with E-state index in [2.05, 4.69) is 5.43 Å². The lowest BCUT2D eigenvalue weighted by molar-refractivity contribution is 0.0524. The van der Waals surface area contributed by atoms with Crippen LogP contribution in [0.25, 0.3) is 10.9 Å². The molecule has 0 bridgehead atoms. The smallest absolute Gasteiger partial charge is 0.343 e. The molecule has 1 aromatic heterocycles. The zero-order valence-electron chi connectivity index (χ0n) is 11.3. The van der Waals surface area contributed by atoms with Gasteiger partial charge in [-0.25, -0.2) is 18.0 Å². The maximum atomic E-state index is 14.0. The van der Waals surface area contributed by atoms with Gasteiger partial charge in [0.25, 0.3) is 0 Å². The van der Waals surface area contributed by atoms with Crippen LogP contribution in [0.3, 0.4) is 0 Å². The summed E-state index contributed by atoms with van der Waals surface area (Å²) >= 11 is 1.89. The van der Waals surface area contributed by atoms with Gasteiger partial charge in [0.05, 0.1) is 16.5 Å². The Morgan fingerprint density at radius 1 is 1.36 bits per heavy atom. The molecule has 2 rings (SSSR count). The minimum atomic E-state index is -1.69. The first-order valence-electron chi connectivity index (χ1n) is 6.12. The van der Waals surface area contributed by atoms with Crippen molar-refractivity contribution in [2.45, 2.75) is 6.92 Å². The van der Waals surface area contributed by atoms with Crippen molar-refractivity contribution in [2.24, 2.45) is 0 Å². The number of aromatic nitrogens is 1. The first kappa shape index (κ1) is 16.6. The highest BCUT2D eigenvalue weighted by Crippen LogP contribution is 2.21. The molecule has 118 valence electrons. The van der Waals surface area contributed by atoms with Crippen LogP contribution in [0.5, 0.6) is 0 Å². The van der Waals surface area contributed by atoms with Gasteiger partial charge in [0, 0.05) is 6.20 Å². The number of nitrogens with one attached hydrogen (secondary N) is 1. The molecule has 0 saturated heterocycles. The van der Waals surface area contributed by atoms with Crippen molar-refractivity contribution in [1.82, 2.24) is 4.68 Å². The number of nitrogens with zero attached hydrogens (tertiary/aromatic N) is 1. The standard InChI is InChI=1S/C13H10F3IN2O3/c1-2-22-13(21)7-4-19(18-5-17)11-6(12(7)20)3-8(14)9(15)10(11)16/h3-4,18H,2,5H2,1H3. The number of hydrogen-bond donors (Lipinski definition) is 1. The van der Waals surface area contributed by atoms with Crippen molar-refractivity contribution in [3.8, 4) is 0 Å². The first-order valence-corrected chi connectivity index (χ1v) is 7.64. The van der Waals surface area contributed by atoms with E-state index in [4.69, 9.17) is 4.74 Å². The molecule has 0 saturated carbocycles. The Morgan fingerprint density at radius 3 is 2.64 bits per heavy atom. The molecular formula is C13H10F3IN2O3. The van der Waals surface area contributed by atoms with E-state index in [9.17, 15) is 22.8 Å². The molecular weight excluding hydrogens is 416 g/mol. The summed E-state index contributed by atoms with van der Waals surface area (Å²) in [6.07, 6.45) is 1.00. The van der Waals surface area contributed by atoms with Crippen LogP contribution in [-0.4, -0.2) is 21.8 Å². The molecule has 1 heterocycles. The van der Waals surface area contributed by atoms with E-state index in [-0.39, 0.29) is 11.2 Å². The Bertz CT molecular complexity index is 807. The number of halogens is 4. The predicted octanol–water partition coefficient (Wildman–Crippen LogP) is 2.53. The van der Waals surface area contributed by atoms with Crippen LogP contribution in [0.15, 0.2) is 17.1 Å². The zero-order valence-corrected chi connectivity index (χ0v) is 13.4. The zero-order chi connectivity index (χ0) is 16.4. The van der Waals surface area contributed by atoms with Crippen LogP contribution in [0, 0.1) is 17.5 Å². The van der Waals surface area contributed by atoms with Crippen LogP contribution in [0.1, 0.15) is 17.3 Å². The number of ether oxygens (including phenoxy) is 1. The van der Waals surface area contributed by atoms with Gasteiger partial charge in [-0.2, -0.15) is 0 Å². The monoisotopic (exact) mass is 426 g/mol. The number of hydrogen-bond acceptors (Lipinski definition) is 4. The lowest BCUT2D eigenvalue weighted by atomic mass is 10.1. The van der Waals surface area contributed by atoms with Gasteiger partial charge in [0.2, 0.25) is 5.43 Å². The Labute approximate surface area is 136 Å². The molecule has 0 aliphatic carbocycles. The lowest BCUT2D eigenvalue weighted by Crippen LogP contribution is -2.25. The number of alkyl halides is 1. The molecule has 0 unspecified atom stereocenters. The van der Waals surface area contributed by atoms with Crippen molar-refractivity contribution in [3.05, 3.63) is 45.5 Å². The lowest BCUT2D eigenvalue weighted by Gasteiger charge is -2.14. The second kappa shape index (κ2) is 6.55. The number of carbonyl (C=O) groups excluding carboxylic acids is 1. The van der Waals surface area contributed by atoms with Gasteiger partial charge in [-0.1, -0.05) is 22.6 Å². The average Bonchev–Trinajstić information content (AvgIpc) is 2.48. The van der Waals surface area contributed by atoms with Gasteiger partial charge in [-0.05, 0) is 13.0 Å². The highest BCUT2D eigenvalue weighted by molar-refractivity contribution is 14.1. The van der Waals surface area contributed by atoms with Crippen molar-refractivity contribution in [2.75, 3.05) is 16.6 Å². The number of fused-ring (bicyclic) bond motifs is 1. The van der Waals surface area contributed by atoms with E-state index < -0.39 is 45.3 Å². The van der Waals surface area contributed by atoms with E-state index in [1.807, 2.05) is 22.6 Å². The predicted molar refractivity (Wildman–Crippen MR) is 82.3 cm³/mol. The molecule has 5 nitrogen and oxygen atoms in total. The maximum Gasteiger partial charge on any atom is 0.343 e. The molecule has 22 heavy (non-hydrogen) atoms. The Balaban J connectivity index is 2.88. The van der Waals surface area contributed by atoms with Crippen LogP contribution < -0.4 is 10.9 Å². The Hall–Kier alpha value is -1.78. The summed E-state index contributed by atoms with van der Waals surface area (Å²) in [4.78, 5) is 24.0. The van der Waals surface area contributed by atoms with Gasteiger partial charge in [-0.15, -0.1) is 0 Å². The molecule has 0 radical (unpaired) electrons. The SMILES string of the molecule is CCOC(=O)c1cn(NCI)c2c(F)c(F)c(F)cc2c1=O. The van der Waals surface area contributed by atoms with Gasteiger partial charge in [0.1, 0.15) is 11.1 Å². The first-order chi connectivity index (χ1) is 10.4. The van der Waals surface area contributed by atoms with Crippen LogP contribution in [-0.2, 0) is 4.74 Å². The maximum absolute atomic E-state index is 14.0. The second-order valence-corrected chi connectivity index (χ2v) is 4.90. The van der Waals surface area contributed by atoms with Crippen LogP contribution >= 0.6 is 22.6 Å². The third-order valence-corrected chi connectivity index (χ3v) is 3.19. The normalized spacial score (nSPS) is 10.8. The number of rotatable bonds is 4. The highest BCUT2D eigenvalue weighted by Gasteiger charge is 2.22. The topological polar surface area (TPSA) is 60.3 Å². The van der Waals surface area contributed by atoms with Crippen LogP contribution in [0.4, 0.5) is 13.2 Å². The van der Waals surface area contributed by atoms with E-state index in [1.165, 1.54) is 0 Å². The highest BCUT2D eigenvalue weighted by atomic mass is 127. The molecule has 0 atom stereocenters. The number of carbonyl (C=O) groups is 1. The summed E-state index contributed by atoms with van der Waals surface area (Å²) in [6, 6.07) is 0.560. The third kappa shape index (κ3) is 2.76. The summed E-state index contributed by atoms with van der Waals surface area (Å²) < 4.78 is 46.7. The summed E-state index contributed by atoms with van der Waals surface area (Å²) in [5.74, 6) is -5.65. The van der Waals surface area contributed by atoms with Crippen molar-refractivity contribution < 1.29 is 22.7 Å². The van der Waals surface area contributed by atoms with Crippen LogP contribution in [0.2, 0.25) is 0 Å². The summed E-state index contributed by atoms with van der Waals surface area (Å²) in [6.45, 7) is 1.58. The van der Waals surface area contributed by atoms with E-state index in [0.717, 1.165) is 10.9 Å². The summed E-state index contributed by atoms with van der Waals surface area (Å²) in [5.41, 5.74) is 0.814. The fraction of sp³-hybridized carbons (Fsp3) is 0.231. The van der Waals surface area contributed by atoms with Crippen molar-refractivity contribution >= 4 is 39.5 Å². The van der Waals surface area contributed by atoms with E-state index >= 15 is 0 Å². The number of esters is 1. The van der Waals surface area contributed by atoms with Gasteiger partial charge in [-0.3, -0.25) is 9.47 Å².